The molecule has 0 unspecified atom stereocenters. The Morgan fingerprint density at radius 3 is 2.86 bits per heavy atom. The van der Waals surface area contributed by atoms with Crippen molar-refractivity contribution in [2.45, 2.75) is 0 Å². The van der Waals surface area contributed by atoms with Crippen LogP contribution in [0.15, 0.2) is 41.9 Å². The average Bonchev–Trinajstić information content (AvgIpc) is 2.94. The molecule has 0 fully saturated rings. The Labute approximate surface area is 123 Å². The number of anilines is 1. The number of hydrogen-bond donors (Lipinski definition) is 2. The first-order valence-corrected chi connectivity index (χ1v) is 6.86. The first kappa shape index (κ1) is 13.2. The zero-order chi connectivity index (χ0) is 14.8. The number of carboxylic acids is 1. The van der Waals surface area contributed by atoms with Gasteiger partial charge in [-0.3, -0.25) is 4.79 Å². The third kappa shape index (κ3) is 2.72. The lowest BCUT2D eigenvalue weighted by atomic mass is 10.2. The standard InChI is InChI=1S/C14H9N3O3S/c18-13(8-4-5-9-11(6-8)21-7-15-9)17-12-3-1-2-10(16-12)14(19)20/h1-7H,(H,19,20)(H,16,17,18). The molecule has 2 N–H and O–H groups in total. The molecule has 1 amide bonds. The van der Waals surface area contributed by atoms with E-state index < -0.39 is 5.97 Å². The Morgan fingerprint density at radius 2 is 2.05 bits per heavy atom. The van der Waals surface area contributed by atoms with Crippen LogP contribution in [0.3, 0.4) is 0 Å². The summed E-state index contributed by atoms with van der Waals surface area (Å²) >= 11 is 1.45. The monoisotopic (exact) mass is 299 g/mol. The topological polar surface area (TPSA) is 92.2 Å². The van der Waals surface area contributed by atoms with Gasteiger partial charge in [-0.25, -0.2) is 14.8 Å². The van der Waals surface area contributed by atoms with Crippen molar-refractivity contribution in [1.29, 1.82) is 0 Å². The number of nitrogens with one attached hydrogen (secondary N) is 1. The fraction of sp³-hybridized carbons (Fsp3) is 0. The van der Waals surface area contributed by atoms with Crippen molar-refractivity contribution in [3.05, 3.63) is 53.2 Å². The third-order valence-corrected chi connectivity index (χ3v) is 3.60. The van der Waals surface area contributed by atoms with Gasteiger partial charge in [-0.2, -0.15) is 0 Å². The largest absolute Gasteiger partial charge is 0.477 e. The van der Waals surface area contributed by atoms with Gasteiger partial charge in [-0.1, -0.05) is 6.07 Å². The number of nitrogens with zero attached hydrogens (tertiary/aromatic N) is 2. The van der Waals surface area contributed by atoms with Crippen LogP contribution in [0.4, 0.5) is 5.82 Å². The van der Waals surface area contributed by atoms with Gasteiger partial charge in [-0.15, -0.1) is 11.3 Å². The highest BCUT2D eigenvalue weighted by atomic mass is 32.1. The minimum atomic E-state index is -1.14. The second-order valence-corrected chi connectivity index (χ2v) is 5.09. The van der Waals surface area contributed by atoms with E-state index in [1.165, 1.54) is 29.5 Å². The van der Waals surface area contributed by atoms with Crippen LogP contribution in [-0.2, 0) is 0 Å². The molecule has 21 heavy (non-hydrogen) atoms. The van der Waals surface area contributed by atoms with Crippen molar-refractivity contribution in [3.8, 4) is 0 Å². The predicted molar refractivity (Wildman–Crippen MR) is 78.8 cm³/mol. The van der Waals surface area contributed by atoms with E-state index in [-0.39, 0.29) is 17.4 Å². The SMILES string of the molecule is O=C(Nc1cccc(C(=O)O)n1)c1ccc2ncsc2c1. The van der Waals surface area contributed by atoms with E-state index in [9.17, 15) is 9.59 Å². The van der Waals surface area contributed by atoms with E-state index in [2.05, 4.69) is 15.3 Å². The molecule has 3 rings (SSSR count). The van der Waals surface area contributed by atoms with Crippen LogP contribution in [-0.4, -0.2) is 27.0 Å². The molecule has 1 aromatic carbocycles. The summed E-state index contributed by atoms with van der Waals surface area (Å²) in [6.45, 7) is 0. The van der Waals surface area contributed by atoms with E-state index in [0.29, 0.717) is 5.56 Å². The van der Waals surface area contributed by atoms with Gasteiger partial charge in [-0.05, 0) is 30.3 Å². The molecule has 3 aromatic rings. The number of aromatic carboxylic acids is 1. The van der Waals surface area contributed by atoms with Crippen LogP contribution in [0.5, 0.6) is 0 Å². The number of thiazole rings is 1. The maximum atomic E-state index is 12.1. The molecule has 6 nitrogen and oxygen atoms in total. The number of carbonyl (C=O) groups excluding carboxylic acids is 1. The number of carboxylic acid groups (broad SMARTS) is 1. The summed E-state index contributed by atoms with van der Waals surface area (Å²) in [6.07, 6.45) is 0. The Hall–Kier alpha value is -2.80. The van der Waals surface area contributed by atoms with Crippen molar-refractivity contribution < 1.29 is 14.7 Å². The summed E-state index contributed by atoms with van der Waals surface area (Å²) in [5, 5.41) is 11.5. The van der Waals surface area contributed by atoms with Gasteiger partial charge in [0.1, 0.15) is 5.82 Å². The van der Waals surface area contributed by atoms with Crippen LogP contribution >= 0.6 is 11.3 Å². The van der Waals surface area contributed by atoms with Crippen molar-refractivity contribution in [2.75, 3.05) is 5.32 Å². The van der Waals surface area contributed by atoms with Crippen molar-refractivity contribution >= 4 is 39.2 Å². The molecule has 0 spiro atoms. The predicted octanol–water partition coefficient (Wildman–Crippen LogP) is 2.64. The second kappa shape index (κ2) is 5.29. The summed E-state index contributed by atoms with van der Waals surface area (Å²) in [4.78, 5) is 31.0. The number of amides is 1. The molecule has 2 aromatic heterocycles. The molecule has 0 atom stereocenters. The van der Waals surface area contributed by atoms with Crippen molar-refractivity contribution in [3.63, 3.8) is 0 Å². The number of benzene rings is 1. The van der Waals surface area contributed by atoms with Crippen LogP contribution in [0.2, 0.25) is 0 Å². The molecular weight excluding hydrogens is 290 g/mol. The zero-order valence-electron chi connectivity index (χ0n) is 10.6. The van der Waals surface area contributed by atoms with E-state index in [4.69, 9.17) is 5.11 Å². The molecular formula is C14H9N3O3S. The van der Waals surface area contributed by atoms with Gasteiger partial charge in [0.15, 0.2) is 5.69 Å². The zero-order valence-corrected chi connectivity index (χ0v) is 11.4. The van der Waals surface area contributed by atoms with Crippen LogP contribution in [0.1, 0.15) is 20.8 Å². The quantitative estimate of drug-likeness (QED) is 0.775. The molecule has 0 aliphatic carbocycles. The van der Waals surface area contributed by atoms with Gasteiger partial charge in [0, 0.05) is 5.56 Å². The highest BCUT2D eigenvalue weighted by Crippen LogP contribution is 2.19. The lowest BCUT2D eigenvalue weighted by Crippen LogP contribution is -2.14. The fourth-order valence-corrected chi connectivity index (χ4v) is 2.52. The Bertz CT molecular complexity index is 844. The summed E-state index contributed by atoms with van der Waals surface area (Å²) in [5.74, 6) is -1.29. The Kier molecular flexibility index (Phi) is 3.33. The van der Waals surface area contributed by atoms with E-state index >= 15 is 0 Å². The molecule has 0 radical (unpaired) electrons. The van der Waals surface area contributed by atoms with Gasteiger partial charge < -0.3 is 10.4 Å². The van der Waals surface area contributed by atoms with Gasteiger partial charge >= 0.3 is 5.97 Å². The third-order valence-electron chi connectivity index (χ3n) is 2.80. The maximum Gasteiger partial charge on any atom is 0.354 e. The average molecular weight is 299 g/mol. The van der Waals surface area contributed by atoms with Gasteiger partial charge in [0.05, 0.1) is 15.7 Å². The molecule has 7 heteroatoms. The van der Waals surface area contributed by atoms with E-state index in [1.807, 2.05) is 0 Å². The highest BCUT2D eigenvalue weighted by Gasteiger charge is 2.10. The van der Waals surface area contributed by atoms with Crippen LogP contribution < -0.4 is 5.32 Å². The minimum Gasteiger partial charge on any atom is -0.477 e. The number of pyridine rings is 1. The molecule has 2 heterocycles. The molecule has 0 bridgehead atoms. The second-order valence-electron chi connectivity index (χ2n) is 4.20. The van der Waals surface area contributed by atoms with Crippen molar-refractivity contribution in [2.24, 2.45) is 0 Å². The van der Waals surface area contributed by atoms with Gasteiger partial charge in [0.25, 0.3) is 5.91 Å². The number of rotatable bonds is 3. The van der Waals surface area contributed by atoms with Crippen LogP contribution in [0, 0.1) is 0 Å². The fourth-order valence-electron chi connectivity index (χ4n) is 1.81. The highest BCUT2D eigenvalue weighted by molar-refractivity contribution is 7.16. The van der Waals surface area contributed by atoms with Crippen LogP contribution in [0.25, 0.3) is 10.2 Å². The first-order valence-electron chi connectivity index (χ1n) is 5.98. The normalized spacial score (nSPS) is 10.5. The summed E-state index contributed by atoms with van der Waals surface area (Å²) < 4.78 is 0.912. The van der Waals surface area contributed by atoms with E-state index in [1.54, 1.807) is 23.7 Å². The lowest BCUT2D eigenvalue weighted by molar-refractivity contribution is 0.0690. The smallest absolute Gasteiger partial charge is 0.354 e. The Balaban J connectivity index is 1.85. The van der Waals surface area contributed by atoms with Crippen molar-refractivity contribution in [1.82, 2.24) is 9.97 Å². The molecule has 0 saturated heterocycles. The first-order chi connectivity index (χ1) is 10.1. The van der Waals surface area contributed by atoms with E-state index in [0.717, 1.165) is 10.2 Å². The minimum absolute atomic E-state index is 0.120. The maximum absolute atomic E-state index is 12.1. The lowest BCUT2D eigenvalue weighted by Gasteiger charge is -2.05. The number of aromatic nitrogens is 2. The number of hydrogen-bond acceptors (Lipinski definition) is 5. The summed E-state index contributed by atoms with van der Waals surface area (Å²) in [7, 11) is 0. The number of carbonyl (C=O) groups is 2. The molecule has 0 aliphatic rings. The number of fused-ring (bicyclic) bond motifs is 1. The molecule has 0 aliphatic heterocycles. The molecule has 0 saturated carbocycles. The Morgan fingerprint density at radius 1 is 1.19 bits per heavy atom. The van der Waals surface area contributed by atoms with Gasteiger partial charge in [0.2, 0.25) is 0 Å². The summed E-state index contributed by atoms with van der Waals surface area (Å²) in [5.41, 5.74) is 2.90. The molecule has 104 valence electrons. The summed E-state index contributed by atoms with van der Waals surface area (Å²) in [6, 6.07) is 9.60.